The third kappa shape index (κ3) is 3.99. The number of hydrogen-bond donors (Lipinski definition) is 1. The lowest BCUT2D eigenvalue weighted by atomic mass is 10.1. The van der Waals surface area contributed by atoms with Gasteiger partial charge >= 0.3 is 0 Å². The zero-order valence-corrected chi connectivity index (χ0v) is 13.7. The van der Waals surface area contributed by atoms with Crippen molar-refractivity contribution in [3.8, 4) is 0 Å². The van der Waals surface area contributed by atoms with E-state index < -0.39 is 0 Å². The molecular formula is C18H23ClN2. The van der Waals surface area contributed by atoms with Gasteiger partial charge in [-0.05, 0) is 30.7 Å². The molecule has 0 aliphatic carbocycles. The van der Waals surface area contributed by atoms with Gasteiger partial charge < -0.3 is 10.2 Å². The van der Waals surface area contributed by atoms with E-state index in [1.54, 1.807) is 0 Å². The first-order valence-corrected chi connectivity index (χ1v) is 7.84. The van der Waals surface area contributed by atoms with Crippen LogP contribution in [0.1, 0.15) is 26.3 Å². The molecule has 0 aromatic heterocycles. The van der Waals surface area contributed by atoms with Crippen molar-refractivity contribution in [2.24, 2.45) is 0 Å². The monoisotopic (exact) mass is 302 g/mol. The van der Waals surface area contributed by atoms with Gasteiger partial charge in [0.15, 0.2) is 0 Å². The Hall–Kier alpha value is -1.51. The minimum atomic E-state index is 0.448. The Balaban J connectivity index is 2.40. The van der Waals surface area contributed by atoms with Gasteiger partial charge in [-0.1, -0.05) is 55.8 Å². The fourth-order valence-electron chi connectivity index (χ4n) is 2.40. The van der Waals surface area contributed by atoms with Gasteiger partial charge in [-0.15, -0.1) is 0 Å². The average Bonchev–Trinajstić information content (AvgIpc) is 2.49. The fourth-order valence-corrected chi connectivity index (χ4v) is 2.69. The summed E-state index contributed by atoms with van der Waals surface area (Å²) >= 11 is 6.50. The number of nitrogens with one attached hydrogen (secondary N) is 1. The lowest BCUT2D eigenvalue weighted by molar-refractivity contribution is 0.589. The number of rotatable bonds is 6. The second-order valence-corrected chi connectivity index (χ2v) is 5.77. The van der Waals surface area contributed by atoms with Crippen LogP contribution in [-0.2, 0) is 6.54 Å². The van der Waals surface area contributed by atoms with Crippen LogP contribution in [0.3, 0.4) is 0 Å². The van der Waals surface area contributed by atoms with Crippen molar-refractivity contribution in [1.29, 1.82) is 0 Å². The lowest BCUT2D eigenvalue weighted by Gasteiger charge is -2.27. The minimum Gasteiger partial charge on any atom is -0.340 e. The van der Waals surface area contributed by atoms with E-state index in [-0.39, 0.29) is 0 Å². The molecule has 0 saturated carbocycles. The lowest BCUT2D eigenvalue weighted by Crippen LogP contribution is -2.24. The van der Waals surface area contributed by atoms with E-state index in [9.17, 15) is 0 Å². The van der Waals surface area contributed by atoms with Gasteiger partial charge in [-0.2, -0.15) is 0 Å². The first-order chi connectivity index (χ1) is 10.1. The molecule has 0 atom stereocenters. The Morgan fingerprint density at radius 3 is 2.38 bits per heavy atom. The normalized spacial score (nSPS) is 10.9. The highest BCUT2D eigenvalue weighted by molar-refractivity contribution is 6.33. The zero-order valence-electron chi connectivity index (χ0n) is 12.9. The minimum absolute atomic E-state index is 0.448. The second kappa shape index (κ2) is 7.48. The van der Waals surface area contributed by atoms with Crippen LogP contribution >= 0.6 is 11.6 Å². The van der Waals surface area contributed by atoms with Gasteiger partial charge in [-0.25, -0.2) is 0 Å². The highest BCUT2D eigenvalue weighted by Crippen LogP contribution is 2.34. The number of nitrogens with zero attached hydrogens (tertiary/aromatic N) is 1. The van der Waals surface area contributed by atoms with Crippen LogP contribution in [-0.4, -0.2) is 12.6 Å². The quantitative estimate of drug-likeness (QED) is 0.808. The Morgan fingerprint density at radius 1 is 1.05 bits per heavy atom. The predicted molar refractivity (Wildman–Crippen MR) is 92.5 cm³/mol. The molecule has 0 fully saturated rings. The SMILES string of the molecule is CCN(c1ccccc1)c1c(Cl)cccc1CNC(C)C. The summed E-state index contributed by atoms with van der Waals surface area (Å²) in [6, 6.07) is 16.9. The summed E-state index contributed by atoms with van der Waals surface area (Å²) in [4.78, 5) is 2.26. The van der Waals surface area contributed by atoms with Crippen molar-refractivity contribution >= 4 is 23.0 Å². The van der Waals surface area contributed by atoms with E-state index in [1.165, 1.54) is 11.3 Å². The predicted octanol–water partition coefficient (Wildman–Crippen LogP) is 5.00. The zero-order chi connectivity index (χ0) is 15.2. The maximum atomic E-state index is 6.50. The molecule has 2 aromatic carbocycles. The Morgan fingerprint density at radius 2 is 1.76 bits per heavy atom. The maximum Gasteiger partial charge on any atom is 0.0646 e. The van der Waals surface area contributed by atoms with Gasteiger partial charge in [0.2, 0.25) is 0 Å². The molecule has 0 unspecified atom stereocenters. The molecule has 3 heteroatoms. The Kier molecular flexibility index (Phi) is 5.66. The van der Waals surface area contributed by atoms with Crippen molar-refractivity contribution in [1.82, 2.24) is 5.32 Å². The van der Waals surface area contributed by atoms with E-state index in [1.807, 2.05) is 18.2 Å². The largest absolute Gasteiger partial charge is 0.340 e. The Bertz CT molecular complexity index is 567. The molecular weight excluding hydrogens is 280 g/mol. The maximum absolute atomic E-state index is 6.50. The van der Waals surface area contributed by atoms with Crippen molar-refractivity contribution in [2.45, 2.75) is 33.4 Å². The smallest absolute Gasteiger partial charge is 0.0646 e. The van der Waals surface area contributed by atoms with Gasteiger partial charge in [-0.3, -0.25) is 0 Å². The van der Waals surface area contributed by atoms with Crippen LogP contribution in [0, 0.1) is 0 Å². The summed E-state index contributed by atoms with van der Waals surface area (Å²) in [5, 5.41) is 4.27. The van der Waals surface area contributed by atoms with Gasteiger partial charge in [0, 0.05) is 24.8 Å². The van der Waals surface area contributed by atoms with Crippen molar-refractivity contribution in [3.63, 3.8) is 0 Å². The van der Waals surface area contributed by atoms with Crippen LogP contribution in [0.25, 0.3) is 0 Å². The number of halogens is 1. The summed E-state index contributed by atoms with van der Waals surface area (Å²) in [6.07, 6.45) is 0. The van der Waals surface area contributed by atoms with Crippen LogP contribution in [0.2, 0.25) is 5.02 Å². The summed E-state index contributed by atoms with van der Waals surface area (Å²) in [6.45, 7) is 8.15. The summed E-state index contributed by atoms with van der Waals surface area (Å²) < 4.78 is 0. The molecule has 0 saturated heterocycles. The molecule has 0 amide bonds. The molecule has 0 spiro atoms. The highest BCUT2D eigenvalue weighted by Gasteiger charge is 2.15. The summed E-state index contributed by atoms with van der Waals surface area (Å²) in [7, 11) is 0. The molecule has 0 heterocycles. The third-order valence-corrected chi connectivity index (χ3v) is 3.73. The topological polar surface area (TPSA) is 15.3 Å². The molecule has 0 radical (unpaired) electrons. The van der Waals surface area contributed by atoms with E-state index in [4.69, 9.17) is 11.6 Å². The molecule has 0 aliphatic rings. The molecule has 21 heavy (non-hydrogen) atoms. The van der Waals surface area contributed by atoms with Crippen LogP contribution < -0.4 is 10.2 Å². The first kappa shape index (κ1) is 15.9. The fraction of sp³-hybridized carbons (Fsp3) is 0.333. The first-order valence-electron chi connectivity index (χ1n) is 7.46. The van der Waals surface area contributed by atoms with Crippen LogP contribution in [0.15, 0.2) is 48.5 Å². The van der Waals surface area contributed by atoms with E-state index in [0.717, 1.165) is 23.8 Å². The summed E-state index contributed by atoms with van der Waals surface area (Å²) in [5.74, 6) is 0. The Labute approximate surface area is 132 Å². The van der Waals surface area contributed by atoms with E-state index >= 15 is 0 Å². The molecule has 1 N–H and O–H groups in total. The van der Waals surface area contributed by atoms with Crippen molar-refractivity contribution in [2.75, 3.05) is 11.4 Å². The molecule has 2 aromatic rings. The number of benzene rings is 2. The average molecular weight is 303 g/mol. The number of para-hydroxylation sites is 2. The third-order valence-electron chi connectivity index (χ3n) is 3.43. The molecule has 112 valence electrons. The van der Waals surface area contributed by atoms with Crippen LogP contribution in [0.5, 0.6) is 0 Å². The summed E-state index contributed by atoms with van der Waals surface area (Å²) in [5.41, 5.74) is 3.49. The van der Waals surface area contributed by atoms with Gasteiger partial charge in [0.1, 0.15) is 0 Å². The molecule has 2 rings (SSSR count). The van der Waals surface area contributed by atoms with E-state index in [2.05, 4.69) is 61.3 Å². The molecule has 0 bridgehead atoms. The van der Waals surface area contributed by atoms with Crippen LogP contribution in [0.4, 0.5) is 11.4 Å². The standard InChI is InChI=1S/C18H23ClN2/c1-4-21(16-10-6-5-7-11-16)18-15(13-20-14(2)3)9-8-12-17(18)19/h5-12,14,20H,4,13H2,1-3H3. The van der Waals surface area contributed by atoms with Gasteiger partial charge in [0.05, 0.1) is 10.7 Å². The highest BCUT2D eigenvalue weighted by atomic mass is 35.5. The van der Waals surface area contributed by atoms with Gasteiger partial charge in [0.25, 0.3) is 0 Å². The number of hydrogen-bond acceptors (Lipinski definition) is 2. The van der Waals surface area contributed by atoms with Crippen molar-refractivity contribution in [3.05, 3.63) is 59.1 Å². The van der Waals surface area contributed by atoms with Crippen molar-refractivity contribution < 1.29 is 0 Å². The number of anilines is 2. The van der Waals surface area contributed by atoms with E-state index in [0.29, 0.717) is 6.04 Å². The molecule has 2 nitrogen and oxygen atoms in total. The second-order valence-electron chi connectivity index (χ2n) is 5.36. The molecule has 0 aliphatic heterocycles.